The lowest BCUT2D eigenvalue weighted by Crippen LogP contribution is -2.21. The normalized spacial score (nSPS) is 14.3. The maximum absolute atomic E-state index is 3.80. The molecule has 9 rings (SSSR count). The lowest BCUT2D eigenvalue weighted by molar-refractivity contribution is 0.481. The molecule has 52 heavy (non-hydrogen) atoms. The van der Waals surface area contributed by atoms with Crippen LogP contribution in [0.1, 0.15) is 92.2 Å². The first-order valence-corrected chi connectivity index (χ1v) is 19.8. The van der Waals surface area contributed by atoms with Crippen LogP contribution in [0.25, 0.3) is 33.4 Å². The molecule has 0 radical (unpaired) electrons. The highest BCUT2D eigenvalue weighted by molar-refractivity contribution is 5.85. The van der Waals surface area contributed by atoms with Gasteiger partial charge in [-0.25, -0.2) is 0 Å². The summed E-state index contributed by atoms with van der Waals surface area (Å²) in [5.41, 5.74) is 21.3. The molecule has 6 aromatic carbocycles. The highest BCUT2D eigenvalue weighted by atomic mass is 14.9. The minimum Gasteiger partial charge on any atom is -0.356 e. The number of unbranched alkanes of at least 4 members (excludes halogenated alkanes) is 5. The van der Waals surface area contributed by atoms with Crippen LogP contribution in [0.5, 0.6) is 0 Å². The van der Waals surface area contributed by atoms with Gasteiger partial charge >= 0.3 is 0 Å². The summed E-state index contributed by atoms with van der Waals surface area (Å²) in [6.07, 6.45) is 13.8. The van der Waals surface area contributed by atoms with E-state index in [2.05, 4.69) is 146 Å². The average Bonchev–Trinajstić information content (AvgIpc) is 3.37. The van der Waals surface area contributed by atoms with Gasteiger partial charge in [-0.05, 0) is 147 Å². The standard InChI is InChI=1S/C50H50N2/c1-3-4-5-6-7-8-27-50(2)48-32-44(51-42-13-9-11-36(30-42)40-21-17-34-15-19-38(34)28-40)23-25-46(48)47-26-24-45(33-49(47)50)52-43-14-10-12-37(31-43)41-22-18-35-16-20-39(35)29-41/h9-14,17-18,21-26,28-33,51-52H,3-8,15-16,19-20,27H2,1-2H3. The van der Waals surface area contributed by atoms with Gasteiger partial charge in [-0.1, -0.05) is 125 Å². The van der Waals surface area contributed by atoms with E-state index in [-0.39, 0.29) is 5.41 Å². The number of hydrogen-bond acceptors (Lipinski definition) is 2. The molecule has 0 saturated heterocycles. The summed E-state index contributed by atoms with van der Waals surface area (Å²) in [6.45, 7) is 4.80. The van der Waals surface area contributed by atoms with Crippen molar-refractivity contribution in [1.82, 2.24) is 0 Å². The van der Waals surface area contributed by atoms with Crippen LogP contribution < -0.4 is 10.6 Å². The van der Waals surface area contributed by atoms with E-state index >= 15 is 0 Å². The first kappa shape index (κ1) is 32.8. The minimum atomic E-state index is -0.0632. The van der Waals surface area contributed by atoms with Crippen molar-refractivity contribution in [3.05, 3.63) is 155 Å². The van der Waals surface area contributed by atoms with Crippen LogP contribution in [-0.4, -0.2) is 0 Å². The van der Waals surface area contributed by atoms with Crippen LogP contribution in [-0.2, 0) is 31.1 Å². The number of fused-ring (bicyclic) bond motifs is 5. The van der Waals surface area contributed by atoms with Gasteiger partial charge in [0.1, 0.15) is 0 Å². The molecule has 0 atom stereocenters. The fourth-order valence-corrected chi connectivity index (χ4v) is 8.94. The molecule has 0 amide bonds. The van der Waals surface area contributed by atoms with Crippen molar-refractivity contribution < 1.29 is 0 Å². The molecule has 2 heteroatoms. The molecule has 6 aromatic rings. The van der Waals surface area contributed by atoms with Crippen molar-refractivity contribution in [1.29, 1.82) is 0 Å². The lowest BCUT2D eigenvalue weighted by Gasteiger charge is -2.28. The SMILES string of the molecule is CCCCCCCCC1(C)c2cc(Nc3cccc(-c4ccc5c(c4)CC5)c3)ccc2-c2ccc(Nc3cccc(-c4ccc5c(c4)CC5)c3)cc21. The Morgan fingerprint density at radius 1 is 0.442 bits per heavy atom. The number of hydrogen-bond donors (Lipinski definition) is 2. The van der Waals surface area contributed by atoms with E-state index in [1.165, 1.54) is 131 Å². The molecule has 3 aliphatic carbocycles. The quantitative estimate of drug-likeness (QED) is 0.119. The summed E-state index contributed by atoms with van der Waals surface area (Å²) in [7, 11) is 0. The maximum atomic E-state index is 3.80. The van der Waals surface area contributed by atoms with Crippen molar-refractivity contribution in [2.45, 2.75) is 89.9 Å². The molecule has 0 aromatic heterocycles. The predicted octanol–water partition coefficient (Wildman–Crippen LogP) is 13.7. The Bertz CT molecular complexity index is 2130. The maximum Gasteiger partial charge on any atom is 0.0390 e. The van der Waals surface area contributed by atoms with Crippen molar-refractivity contribution in [3.63, 3.8) is 0 Å². The monoisotopic (exact) mass is 678 g/mol. The van der Waals surface area contributed by atoms with Gasteiger partial charge in [0.25, 0.3) is 0 Å². The van der Waals surface area contributed by atoms with Crippen molar-refractivity contribution >= 4 is 22.7 Å². The molecule has 2 nitrogen and oxygen atoms in total. The van der Waals surface area contributed by atoms with E-state index in [1.54, 1.807) is 0 Å². The van der Waals surface area contributed by atoms with Gasteiger partial charge in [0, 0.05) is 28.2 Å². The minimum absolute atomic E-state index is 0.0632. The molecule has 0 saturated carbocycles. The molecule has 0 aliphatic heterocycles. The van der Waals surface area contributed by atoms with E-state index in [9.17, 15) is 0 Å². The Hall–Kier alpha value is -5.08. The van der Waals surface area contributed by atoms with E-state index < -0.39 is 0 Å². The number of rotatable bonds is 13. The van der Waals surface area contributed by atoms with Gasteiger partial charge in [0.2, 0.25) is 0 Å². The summed E-state index contributed by atoms with van der Waals surface area (Å²) < 4.78 is 0. The third kappa shape index (κ3) is 6.23. The summed E-state index contributed by atoms with van der Waals surface area (Å²) in [6, 6.07) is 45.9. The Kier molecular flexibility index (Phi) is 8.71. The largest absolute Gasteiger partial charge is 0.356 e. The van der Waals surface area contributed by atoms with E-state index in [4.69, 9.17) is 0 Å². The highest BCUT2D eigenvalue weighted by Crippen LogP contribution is 2.53. The summed E-state index contributed by atoms with van der Waals surface area (Å²) in [5, 5.41) is 7.60. The highest BCUT2D eigenvalue weighted by Gasteiger charge is 2.39. The second-order valence-electron chi connectivity index (χ2n) is 15.7. The molecular weight excluding hydrogens is 629 g/mol. The zero-order valence-electron chi connectivity index (χ0n) is 30.8. The first-order chi connectivity index (χ1) is 25.5. The third-order valence-electron chi connectivity index (χ3n) is 12.3. The van der Waals surface area contributed by atoms with Gasteiger partial charge in [-0.15, -0.1) is 0 Å². The number of nitrogens with one attached hydrogen (secondary N) is 2. The fraction of sp³-hybridized carbons (Fsp3) is 0.280. The lowest BCUT2D eigenvalue weighted by atomic mass is 9.75. The third-order valence-corrected chi connectivity index (χ3v) is 12.3. The van der Waals surface area contributed by atoms with Gasteiger partial charge in [-0.2, -0.15) is 0 Å². The zero-order chi connectivity index (χ0) is 35.1. The Morgan fingerprint density at radius 3 is 1.38 bits per heavy atom. The van der Waals surface area contributed by atoms with Crippen molar-refractivity contribution in [2.75, 3.05) is 10.6 Å². The zero-order valence-corrected chi connectivity index (χ0v) is 30.8. The molecular formula is C50H50N2. The average molecular weight is 679 g/mol. The fourth-order valence-electron chi connectivity index (χ4n) is 8.94. The molecule has 0 bridgehead atoms. The van der Waals surface area contributed by atoms with Gasteiger partial charge in [0.15, 0.2) is 0 Å². The molecule has 0 spiro atoms. The molecule has 3 aliphatic rings. The van der Waals surface area contributed by atoms with Crippen molar-refractivity contribution in [2.24, 2.45) is 0 Å². The molecule has 2 N–H and O–H groups in total. The van der Waals surface area contributed by atoms with Gasteiger partial charge < -0.3 is 10.6 Å². The van der Waals surface area contributed by atoms with E-state index in [0.29, 0.717) is 0 Å². The predicted molar refractivity (Wildman–Crippen MR) is 221 cm³/mol. The molecule has 0 fully saturated rings. The Balaban J connectivity index is 0.995. The van der Waals surface area contributed by atoms with Crippen LogP contribution in [0.15, 0.2) is 121 Å². The Labute approximate surface area is 310 Å². The van der Waals surface area contributed by atoms with Crippen LogP contribution >= 0.6 is 0 Å². The number of anilines is 4. The second kappa shape index (κ2) is 13.8. The molecule has 260 valence electrons. The van der Waals surface area contributed by atoms with Crippen LogP contribution in [0.3, 0.4) is 0 Å². The topological polar surface area (TPSA) is 24.1 Å². The summed E-state index contributed by atoms with van der Waals surface area (Å²) >= 11 is 0. The van der Waals surface area contributed by atoms with Crippen LogP contribution in [0, 0.1) is 0 Å². The van der Waals surface area contributed by atoms with E-state index in [0.717, 1.165) is 29.2 Å². The van der Waals surface area contributed by atoms with Crippen LogP contribution in [0.4, 0.5) is 22.7 Å². The van der Waals surface area contributed by atoms with Gasteiger partial charge in [-0.3, -0.25) is 0 Å². The summed E-state index contributed by atoms with van der Waals surface area (Å²) in [5.74, 6) is 0. The second-order valence-corrected chi connectivity index (χ2v) is 15.7. The van der Waals surface area contributed by atoms with Gasteiger partial charge in [0.05, 0.1) is 0 Å². The Morgan fingerprint density at radius 2 is 0.904 bits per heavy atom. The summed E-state index contributed by atoms with van der Waals surface area (Å²) in [4.78, 5) is 0. The smallest absolute Gasteiger partial charge is 0.0390 e. The van der Waals surface area contributed by atoms with Crippen molar-refractivity contribution in [3.8, 4) is 33.4 Å². The molecule has 0 heterocycles. The first-order valence-electron chi connectivity index (χ1n) is 19.8. The number of aryl methyl sites for hydroxylation is 4. The number of benzene rings is 6. The molecule has 0 unspecified atom stereocenters. The van der Waals surface area contributed by atoms with E-state index in [1.807, 2.05) is 0 Å². The van der Waals surface area contributed by atoms with Crippen LogP contribution in [0.2, 0.25) is 0 Å².